The number of carbonyl (C=O) groups is 2. The molecule has 1 N–H and O–H groups in total. The molecular weight excluding hydrogens is 351 g/mol. The first-order valence-corrected chi connectivity index (χ1v) is 8.73. The van der Waals surface area contributed by atoms with E-state index in [1.165, 1.54) is 31.4 Å². The minimum atomic E-state index is -0.340. The van der Waals surface area contributed by atoms with E-state index in [1.54, 1.807) is 23.1 Å². The van der Waals surface area contributed by atoms with Crippen molar-refractivity contribution >= 4 is 23.2 Å². The highest BCUT2D eigenvalue weighted by Gasteiger charge is 2.24. The highest BCUT2D eigenvalue weighted by atomic mass is 19.1. The Balaban J connectivity index is 1.55. The molecule has 2 amide bonds. The Bertz CT molecular complexity index is 823. The van der Waals surface area contributed by atoms with Gasteiger partial charge in [-0.1, -0.05) is 0 Å². The van der Waals surface area contributed by atoms with Crippen LogP contribution in [0.2, 0.25) is 0 Å². The van der Waals surface area contributed by atoms with Crippen LogP contribution in [0.1, 0.15) is 19.3 Å². The van der Waals surface area contributed by atoms with Gasteiger partial charge in [-0.15, -0.1) is 0 Å². The molecule has 0 aromatic heterocycles. The summed E-state index contributed by atoms with van der Waals surface area (Å²) in [7, 11) is 1.53. The Morgan fingerprint density at radius 1 is 1.22 bits per heavy atom. The number of methoxy groups -OCH3 is 1. The topological polar surface area (TPSA) is 67.9 Å². The second-order valence-electron chi connectivity index (χ2n) is 6.14. The molecule has 7 heteroatoms. The summed E-state index contributed by atoms with van der Waals surface area (Å²) in [5.41, 5.74) is 1.28. The molecule has 142 valence electrons. The van der Waals surface area contributed by atoms with Gasteiger partial charge in [0.05, 0.1) is 25.8 Å². The normalized spacial score (nSPS) is 13.6. The van der Waals surface area contributed by atoms with Crippen molar-refractivity contribution in [3.8, 4) is 11.5 Å². The molecule has 27 heavy (non-hydrogen) atoms. The number of carbonyl (C=O) groups excluding carboxylic acids is 2. The van der Waals surface area contributed by atoms with E-state index < -0.39 is 0 Å². The van der Waals surface area contributed by atoms with Gasteiger partial charge in [-0.05, 0) is 42.8 Å². The van der Waals surface area contributed by atoms with Gasteiger partial charge in [-0.25, -0.2) is 4.39 Å². The van der Waals surface area contributed by atoms with Crippen molar-refractivity contribution < 1.29 is 23.5 Å². The fraction of sp³-hybridized carbons (Fsp3) is 0.300. The molecular formula is C20H21FN2O4. The van der Waals surface area contributed by atoms with Crippen LogP contribution in [0.4, 0.5) is 15.8 Å². The van der Waals surface area contributed by atoms with Crippen molar-refractivity contribution in [2.45, 2.75) is 19.3 Å². The third kappa shape index (κ3) is 4.75. The fourth-order valence-corrected chi connectivity index (χ4v) is 2.90. The Morgan fingerprint density at radius 2 is 2.00 bits per heavy atom. The second-order valence-corrected chi connectivity index (χ2v) is 6.14. The van der Waals surface area contributed by atoms with Crippen LogP contribution in [-0.2, 0) is 9.59 Å². The summed E-state index contributed by atoms with van der Waals surface area (Å²) < 4.78 is 23.6. The smallest absolute Gasteiger partial charge is 0.227 e. The van der Waals surface area contributed by atoms with E-state index in [4.69, 9.17) is 9.47 Å². The van der Waals surface area contributed by atoms with Gasteiger partial charge in [0, 0.05) is 24.7 Å². The van der Waals surface area contributed by atoms with Crippen LogP contribution in [-0.4, -0.2) is 32.1 Å². The van der Waals surface area contributed by atoms with Crippen molar-refractivity contribution in [2.75, 3.05) is 30.5 Å². The van der Waals surface area contributed by atoms with Crippen molar-refractivity contribution in [3.63, 3.8) is 0 Å². The maximum absolute atomic E-state index is 12.8. The molecule has 1 fully saturated rings. The molecule has 1 aliphatic heterocycles. The van der Waals surface area contributed by atoms with Gasteiger partial charge < -0.3 is 19.7 Å². The molecule has 6 nitrogen and oxygen atoms in total. The van der Waals surface area contributed by atoms with E-state index in [0.717, 1.165) is 6.42 Å². The van der Waals surface area contributed by atoms with Crippen molar-refractivity contribution in [2.24, 2.45) is 0 Å². The van der Waals surface area contributed by atoms with Crippen molar-refractivity contribution in [3.05, 3.63) is 48.3 Å². The Morgan fingerprint density at radius 3 is 2.67 bits per heavy atom. The van der Waals surface area contributed by atoms with Gasteiger partial charge in [0.1, 0.15) is 17.3 Å². The largest absolute Gasteiger partial charge is 0.494 e. The lowest BCUT2D eigenvalue weighted by Gasteiger charge is -2.19. The molecule has 0 atom stereocenters. The number of ether oxygens (including phenoxy) is 2. The third-order valence-electron chi connectivity index (χ3n) is 4.24. The van der Waals surface area contributed by atoms with Crippen LogP contribution in [0.25, 0.3) is 0 Å². The van der Waals surface area contributed by atoms with Gasteiger partial charge >= 0.3 is 0 Å². The summed E-state index contributed by atoms with van der Waals surface area (Å²) in [6.45, 7) is 0.844. The maximum Gasteiger partial charge on any atom is 0.227 e. The van der Waals surface area contributed by atoms with Crippen molar-refractivity contribution in [1.82, 2.24) is 0 Å². The van der Waals surface area contributed by atoms with Crippen LogP contribution in [0.5, 0.6) is 11.5 Å². The second kappa shape index (κ2) is 8.53. The van der Waals surface area contributed by atoms with Gasteiger partial charge in [-0.3, -0.25) is 9.59 Å². The molecule has 0 saturated carbocycles. The molecule has 0 spiro atoms. The summed E-state index contributed by atoms with van der Waals surface area (Å²) in [6, 6.07) is 10.8. The molecule has 0 bridgehead atoms. The molecule has 2 aromatic carbocycles. The third-order valence-corrected chi connectivity index (χ3v) is 4.24. The number of hydrogen-bond donors (Lipinski definition) is 1. The number of hydrogen-bond acceptors (Lipinski definition) is 4. The number of nitrogens with zero attached hydrogens (tertiary/aromatic N) is 1. The highest BCUT2D eigenvalue weighted by molar-refractivity contribution is 5.97. The zero-order valence-corrected chi connectivity index (χ0v) is 15.0. The van der Waals surface area contributed by atoms with Crippen LogP contribution >= 0.6 is 0 Å². The van der Waals surface area contributed by atoms with E-state index in [1.807, 2.05) is 0 Å². The van der Waals surface area contributed by atoms with Gasteiger partial charge in [0.2, 0.25) is 11.8 Å². The maximum atomic E-state index is 12.8. The van der Waals surface area contributed by atoms with Gasteiger partial charge in [-0.2, -0.15) is 0 Å². The zero-order valence-electron chi connectivity index (χ0n) is 15.0. The van der Waals surface area contributed by atoms with E-state index >= 15 is 0 Å². The lowest BCUT2D eigenvalue weighted by molar-refractivity contribution is -0.117. The first-order valence-electron chi connectivity index (χ1n) is 8.73. The number of halogens is 1. The summed E-state index contributed by atoms with van der Waals surface area (Å²) in [5.74, 6) is 0.552. The molecule has 0 radical (unpaired) electrons. The quantitative estimate of drug-likeness (QED) is 0.809. The SMILES string of the molecule is COc1cc(NC(=O)CCOc2ccc(F)cc2)ccc1N1CCCC1=O. The Kier molecular flexibility index (Phi) is 5.90. The minimum absolute atomic E-state index is 0.0722. The Labute approximate surface area is 156 Å². The summed E-state index contributed by atoms with van der Waals surface area (Å²) in [6.07, 6.45) is 1.51. The van der Waals surface area contributed by atoms with Crippen LogP contribution in [0, 0.1) is 5.82 Å². The summed E-state index contributed by atoms with van der Waals surface area (Å²) in [4.78, 5) is 25.7. The summed E-state index contributed by atoms with van der Waals surface area (Å²) >= 11 is 0. The highest BCUT2D eigenvalue weighted by Crippen LogP contribution is 2.33. The predicted molar refractivity (Wildman–Crippen MR) is 99.7 cm³/mol. The van der Waals surface area contributed by atoms with Gasteiger partial charge in [0.15, 0.2) is 0 Å². The standard InChI is InChI=1S/C20H21FN2O4/c1-26-18-13-15(6-9-17(18)23-11-2-3-20(23)25)22-19(24)10-12-27-16-7-4-14(21)5-8-16/h4-9,13H,2-3,10-12H2,1H3,(H,22,24). The molecule has 0 unspecified atom stereocenters. The van der Waals surface area contributed by atoms with E-state index in [0.29, 0.717) is 35.8 Å². The molecule has 1 saturated heterocycles. The first-order chi connectivity index (χ1) is 13.1. The number of anilines is 2. The average Bonchev–Trinajstić information content (AvgIpc) is 3.09. The monoisotopic (exact) mass is 372 g/mol. The molecule has 1 heterocycles. The lowest BCUT2D eigenvalue weighted by atomic mass is 10.2. The summed E-state index contributed by atoms with van der Waals surface area (Å²) in [5, 5.41) is 2.78. The average molecular weight is 372 g/mol. The van der Waals surface area contributed by atoms with Crippen LogP contribution in [0.15, 0.2) is 42.5 Å². The van der Waals surface area contributed by atoms with E-state index in [2.05, 4.69) is 5.32 Å². The molecule has 3 rings (SSSR count). The first kappa shape index (κ1) is 18.7. The molecule has 1 aliphatic rings. The zero-order chi connectivity index (χ0) is 19.2. The molecule has 0 aliphatic carbocycles. The predicted octanol–water partition coefficient (Wildman–Crippen LogP) is 3.37. The number of rotatable bonds is 7. The van der Waals surface area contributed by atoms with E-state index in [-0.39, 0.29) is 30.7 Å². The lowest BCUT2D eigenvalue weighted by Crippen LogP contribution is -2.24. The van der Waals surface area contributed by atoms with Crippen molar-refractivity contribution in [1.29, 1.82) is 0 Å². The fourth-order valence-electron chi connectivity index (χ4n) is 2.90. The number of benzene rings is 2. The minimum Gasteiger partial charge on any atom is -0.494 e. The number of nitrogens with one attached hydrogen (secondary N) is 1. The Hall–Kier alpha value is -3.09. The van der Waals surface area contributed by atoms with Crippen LogP contribution in [0.3, 0.4) is 0 Å². The number of amides is 2. The molecule has 2 aromatic rings. The van der Waals surface area contributed by atoms with E-state index in [9.17, 15) is 14.0 Å². The van der Waals surface area contributed by atoms with Crippen LogP contribution < -0.4 is 19.7 Å². The van der Waals surface area contributed by atoms with Gasteiger partial charge in [0.25, 0.3) is 0 Å².